The summed E-state index contributed by atoms with van der Waals surface area (Å²) in [5, 5.41) is 9.33. The molecule has 21 heavy (non-hydrogen) atoms. The first kappa shape index (κ1) is 16.2. The number of aliphatic hydroxyl groups excluding tert-OH is 1. The van der Waals surface area contributed by atoms with Crippen molar-refractivity contribution in [3.8, 4) is 17.6 Å². The standard InChI is InChI=1S/C17H22O3S/c1-13-17(8-10-20-13)21-12-15-11-14(5-3-4-9-18)6-7-16(15)19-2/h6-7,11,13,17-18H,4,8-10,12H2,1-2H3. The minimum Gasteiger partial charge on any atom is -0.496 e. The highest BCUT2D eigenvalue weighted by Gasteiger charge is 2.24. The number of ether oxygens (including phenoxy) is 2. The fourth-order valence-electron chi connectivity index (χ4n) is 2.32. The van der Waals surface area contributed by atoms with Gasteiger partial charge in [-0.15, -0.1) is 0 Å². The predicted octanol–water partition coefficient (Wildman–Crippen LogP) is 2.84. The Balaban J connectivity index is 2.05. The van der Waals surface area contributed by atoms with Crippen molar-refractivity contribution in [3.05, 3.63) is 29.3 Å². The minimum absolute atomic E-state index is 0.103. The van der Waals surface area contributed by atoms with E-state index >= 15 is 0 Å². The first-order valence-corrected chi connectivity index (χ1v) is 8.29. The Morgan fingerprint density at radius 3 is 3.00 bits per heavy atom. The summed E-state index contributed by atoms with van der Waals surface area (Å²) in [6.07, 6.45) is 1.95. The van der Waals surface area contributed by atoms with Crippen LogP contribution in [0.3, 0.4) is 0 Å². The third-order valence-electron chi connectivity index (χ3n) is 3.51. The van der Waals surface area contributed by atoms with Gasteiger partial charge in [-0.25, -0.2) is 0 Å². The fraction of sp³-hybridized carbons (Fsp3) is 0.529. The van der Waals surface area contributed by atoms with Crippen molar-refractivity contribution in [1.29, 1.82) is 0 Å². The molecule has 1 heterocycles. The fourth-order valence-corrected chi connectivity index (χ4v) is 3.55. The molecule has 1 N–H and O–H groups in total. The molecule has 114 valence electrons. The van der Waals surface area contributed by atoms with E-state index in [4.69, 9.17) is 14.6 Å². The van der Waals surface area contributed by atoms with Gasteiger partial charge in [-0.3, -0.25) is 0 Å². The quantitative estimate of drug-likeness (QED) is 0.849. The van der Waals surface area contributed by atoms with Crippen molar-refractivity contribution in [2.75, 3.05) is 20.3 Å². The molecule has 0 aromatic heterocycles. The van der Waals surface area contributed by atoms with Crippen molar-refractivity contribution in [2.24, 2.45) is 0 Å². The zero-order valence-electron chi connectivity index (χ0n) is 12.6. The molecule has 0 saturated carbocycles. The number of hydrogen-bond acceptors (Lipinski definition) is 4. The van der Waals surface area contributed by atoms with Crippen LogP contribution in [0.1, 0.15) is 30.9 Å². The molecule has 1 aromatic rings. The van der Waals surface area contributed by atoms with Crippen molar-refractivity contribution < 1.29 is 14.6 Å². The average Bonchev–Trinajstić information content (AvgIpc) is 2.91. The van der Waals surface area contributed by atoms with Crippen LogP contribution in [0.5, 0.6) is 5.75 Å². The Morgan fingerprint density at radius 2 is 2.33 bits per heavy atom. The lowest BCUT2D eigenvalue weighted by Crippen LogP contribution is -2.13. The number of benzene rings is 1. The molecule has 0 amide bonds. The lowest BCUT2D eigenvalue weighted by molar-refractivity contribution is 0.127. The van der Waals surface area contributed by atoms with Crippen molar-refractivity contribution in [3.63, 3.8) is 0 Å². The highest BCUT2D eigenvalue weighted by atomic mass is 32.2. The Labute approximate surface area is 131 Å². The third kappa shape index (κ3) is 4.67. The van der Waals surface area contributed by atoms with Gasteiger partial charge in [0, 0.05) is 35.2 Å². The number of aliphatic hydroxyl groups is 1. The molecule has 1 aliphatic rings. The molecule has 4 heteroatoms. The van der Waals surface area contributed by atoms with E-state index in [-0.39, 0.29) is 6.61 Å². The van der Waals surface area contributed by atoms with Crippen LogP contribution in [0.4, 0.5) is 0 Å². The van der Waals surface area contributed by atoms with Crippen LogP contribution in [0, 0.1) is 11.8 Å². The second-order valence-electron chi connectivity index (χ2n) is 5.02. The number of rotatable bonds is 5. The van der Waals surface area contributed by atoms with Crippen LogP contribution in [0.2, 0.25) is 0 Å². The molecule has 2 unspecified atom stereocenters. The second-order valence-corrected chi connectivity index (χ2v) is 6.24. The van der Waals surface area contributed by atoms with E-state index in [0.717, 1.165) is 35.7 Å². The summed E-state index contributed by atoms with van der Waals surface area (Å²) in [6.45, 7) is 3.10. The summed E-state index contributed by atoms with van der Waals surface area (Å²) < 4.78 is 11.0. The molecule has 2 atom stereocenters. The van der Waals surface area contributed by atoms with Gasteiger partial charge >= 0.3 is 0 Å². The summed E-state index contributed by atoms with van der Waals surface area (Å²) >= 11 is 1.92. The molecule has 0 spiro atoms. The molecule has 1 fully saturated rings. The third-order valence-corrected chi connectivity index (χ3v) is 5.03. The van der Waals surface area contributed by atoms with Crippen LogP contribution in [0.25, 0.3) is 0 Å². The van der Waals surface area contributed by atoms with Crippen LogP contribution in [-0.2, 0) is 10.5 Å². The van der Waals surface area contributed by atoms with Crippen LogP contribution in [-0.4, -0.2) is 36.8 Å². The molecule has 1 saturated heterocycles. The zero-order valence-corrected chi connectivity index (χ0v) is 13.4. The first-order valence-electron chi connectivity index (χ1n) is 7.24. The number of hydrogen-bond donors (Lipinski definition) is 1. The molecular formula is C17H22O3S. The lowest BCUT2D eigenvalue weighted by atomic mass is 10.1. The predicted molar refractivity (Wildman–Crippen MR) is 86.7 cm³/mol. The zero-order chi connectivity index (χ0) is 15.1. The molecule has 0 bridgehead atoms. The highest BCUT2D eigenvalue weighted by Crippen LogP contribution is 2.32. The maximum atomic E-state index is 8.77. The van der Waals surface area contributed by atoms with Crippen LogP contribution < -0.4 is 4.74 Å². The maximum absolute atomic E-state index is 8.77. The van der Waals surface area contributed by atoms with Gasteiger partial charge < -0.3 is 14.6 Å². The Hall–Kier alpha value is -1.15. The molecule has 2 rings (SSSR count). The monoisotopic (exact) mass is 306 g/mol. The molecule has 3 nitrogen and oxygen atoms in total. The van der Waals surface area contributed by atoms with E-state index in [1.807, 2.05) is 23.9 Å². The molecular weight excluding hydrogens is 284 g/mol. The highest BCUT2D eigenvalue weighted by molar-refractivity contribution is 7.99. The largest absolute Gasteiger partial charge is 0.496 e. The summed E-state index contributed by atoms with van der Waals surface area (Å²) in [5.74, 6) is 7.83. The normalized spacial score (nSPS) is 20.9. The average molecular weight is 306 g/mol. The van der Waals surface area contributed by atoms with Gasteiger partial charge in [0.15, 0.2) is 0 Å². The first-order chi connectivity index (χ1) is 10.2. The molecule has 1 aliphatic heterocycles. The summed E-state index contributed by atoms with van der Waals surface area (Å²) in [6, 6.07) is 6.00. The van der Waals surface area contributed by atoms with Gasteiger partial charge in [-0.1, -0.05) is 11.8 Å². The molecule has 0 radical (unpaired) electrons. The van der Waals surface area contributed by atoms with Gasteiger partial charge in [0.05, 0.1) is 19.8 Å². The molecule has 0 aliphatic carbocycles. The Morgan fingerprint density at radius 1 is 1.48 bits per heavy atom. The Kier molecular flexibility index (Phi) is 6.44. The van der Waals surface area contributed by atoms with E-state index in [1.54, 1.807) is 7.11 Å². The Bertz CT molecular complexity index is 519. The topological polar surface area (TPSA) is 38.7 Å². The number of thioether (sulfide) groups is 1. The van der Waals surface area contributed by atoms with Gasteiger partial charge in [0.1, 0.15) is 5.75 Å². The van der Waals surface area contributed by atoms with Crippen LogP contribution in [0.15, 0.2) is 18.2 Å². The van der Waals surface area contributed by atoms with Crippen molar-refractivity contribution in [1.82, 2.24) is 0 Å². The van der Waals surface area contributed by atoms with Crippen molar-refractivity contribution >= 4 is 11.8 Å². The van der Waals surface area contributed by atoms with Gasteiger partial charge in [0.25, 0.3) is 0 Å². The lowest BCUT2D eigenvalue weighted by Gasteiger charge is -2.15. The summed E-state index contributed by atoms with van der Waals surface area (Å²) in [4.78, 5) is 0. The summed E-state index contributed by atoms with van der Waals surface area (Å²) in [5.41, 5.74) is 2.13. The summed E-state index contributed by atoms with van der Waals surface area (Å²) in [7, 11) is 1.70. The maximum Gasteiger partial charge on any atom is 0.122 e. The van der Waals surface area contributed by atoms with Crippen LogP contribution >= 0.6 is 11.8 Å². The molecule has 1 aromatic carbocycles. The smallest absolute Gasteiger partial charge is 0.122 e. The number of methoxy groups -OCH3 is 1. The second kappa shape index (κ2) is 8.33. The van der Waals surface area contributed by atoms with Crippen molar-refractivity contribution in [2.45, 2.75) is 36.9 Å². The van der Waals surface area contributed by atoms with E-state index < -0.39 is 0 Å². The van der Waals surface area contributed by atoms with E-state index in [2.05, 4.69) is 24.8 Å². The SMILES string of the molecule is COc1ccc(C#CCCO)cc1CSC1CCOC1C. The van der Waals surface area contributed by atoms with E-state index in [9.17, 15) is 0 Å². The van der Waals surface area contributed by atoms with Gasteiger partial charge in [-0.05, 0) is 31.5 Å². The van der Waals surface area contributed by atoms with E-state index in [0.29, 0.717) is 17.8 Å². The minimum atomic E-state index is 0.103. The van der Waals surface area contributed by atoms with Gasteiger partial charge in [-0.2, -0.15) is 11.8 Å². The van der Waals surface area contributed by atoms with Gasteiger partial charge in [0.2, 0.25) is 0 Å². The van der Waals surface area contributed by atoms with E-state index in [1.165, 1.54) is 0 Å².